The van der Waals surface area contributed by atoms with Crippen LogP contribution in [-0.2, 0) is 4.79 Å². The molecule has 1 aliphatic carbocycles. The second-order valence-corrected chi connectivity index (χ2v) is 4.55. The van der Waals surface area contributed by atoms with Gasteiger partial charge in [0.2, 0.25) is 5.91 Å². The quantitative estimate of drug-likeness (QED) is 0.497. The van der Waals surface area contributed by atoms with Crippen molar-refractivity contribution in [2.24, 2.45) is 11.7 Å². The fourth-order valence-electron chi connectivity index (χ4n) is 1.50. The molecule has 2 rings (SSSR count). The van der Waals surface area contributed by atoms with Crippen LogP contribution in [-0.4, -0.2) is 34.0 Å². The van der Waals surface area contributed by atoms with E-state index < -0.39 is 0 Å². The van der Waals surface area contributed by atoms with Gasteiger partial charge in [0.25, 0.3) is 0 Å². The first kappa shape index (κ1) is 12.7. The van der Waals surface area contributed by atoms with E-state index in [1.54, 1.807) is 6.20 Å². The highest BCUT2D eigenvalue weighted by Crippen LogP contribution is 2.28. The molecule has 0 bridgehead atoms. The lowest BCUT2D eigenvalue weighted by molar-refractivity contribution is -0.122. The second-order valence-electron chi connectivity index (χ2n) is 4.11. The molecule has 0 spiro atoms. The molecule has 0 radical (unpaired) electrons. The van der Waals surface area contributed by atoms with Crippen LogP contribution in [0.1, 0.15) is 18.5 Å². The molecule has 96 valence electrons. The standard InChI is InChI=1S/C11H15N5OS/c12-9(18)8-10(14-4-3-13-8)15-5-6-16-11(17)7-1-2-7/h3-4,7H,1-2,5-6H2,(H2,12,18)(H,14,15)(H,16,17). The number of nitrogens with zero attached hydrogens (tertiary/aromatic N) is 2. The Hall–Kier alpha value is -1.76. The largest absolute Gasteiger partial charge is 0.388 e. The molecule has 0 saturated heterocycles. The van der Waals surface area contributed by atoms with E-state index in [4.69, 9.17) is 18.0 Å². The monoisotopic (exact) mass is 265 g/mol. The molecule has 1 aromatic rings. The Labute approximate surface area is 110 Å². The van der Waals surface area contributed by atoms with E-state index in [1.807, 2.05) is 0 Å². The maximum Gasteiger partial charge on any atom is 0.223 e. The minimum atomic E-state index is 0.130. The molecule has 1 fully saturated rings. The van der Waals surface area contributed by atoms with Gasteiger partial charge in [0, 0.05) is 31.4 Å². The van der Waals surface area contributed by atoms with Crippen LogP contribution in [0.15, 0.2) is 12.4 Å². The van der Waals surface area contributed by atoms with E-state index in [9.17, 15) is 4.79 Å². The molecule has 7 heteroatoms. The van der Waals surface area contributed by atoms with Crippen LogP contribution >= 0.6 is 12.2 Å². The van der Waals surface area contributed by atoms with Gasteiger partial charge < -0.3 is 16.4 Å². The summed E-state index contributed by atoms with van der Waals surface area (Å²) in [6, 6.07) is 0. The molecule has 0 aliphatic heterocycles. The van der Waals surface area contributed by atoms with Gasteiger partial charge in [-0.2, -0.15) is 0 Å². The maximum atomic E-state index is 11.4. The van der Waals surface area contributed by atoms with Crippen LogP contribution in [0, 0.1) is 5.92 Å². The van der Waals surface area contributed by atoms with E-state index in [1.165, 1.54) is 6.20 Å². The van der Waals surface area contributed by atoms with E-state index in [-0.39, 0.29) is 16.8 Å². The van der Waals surface area contributed by atoms with Gasteiger partial charge in [-0.15, -0.1) is 0 Å². The van der Waals surface area contributed by atoms with E-state index in [0.29, 0.717) is 24.6 Å². The average Bonchev–Trinajstić information content (AvgIpc) is 3.19. The molecular formula is C11H15N5OS. The Balaban J connectivity index is 1.79. The van der Waals surface area contributed by atoms with Gasteiger partial charge in [-0.25, -0.2) is 9.97 Å². The van der Waals surface area contributed by atoms with Gasteiger partial charge in [0.1, 0.15) is 10.7 Å². The highest BCUT2D eigenvalue weighted by atomic mass is 32.1. The van der Waals surface area contributed by atoms with Gasteiger partial charge >= 0.3 is 0 Å². The molecule has 1 saturated carbocycles. The highest BCUT2D eigenvalue weighted by molar-refractivity contribution is 7.80. The minimum absolute atomic E-state index is 0.130. The van der Waals surface area contributed by atoms with Gasteiger partial charge in [0.05, 0.1) is 0 Å². The Morgan fingerprint density at radius 1 is 1.39 bits per heavy atom. The molecule has 18 heavy (non-hydrogen) atoms. The summed E-state index contributed by atoms with van der Waals surface area (Å²) in [6.45, 7) is 1.11. The first-order valence-corrected chi connectivity index (χ1v) is 6.21. The number of anilines is 1. The second kappa shape index (κ2) is 5.72. The topological polar surface area (TPSA) is 92.9 Å². The summed E-state index contributed by atoms with van der Waals surface area (Å²) in [7, 11) is 0. The molecular weight excluding hydrogens is 250 g/mol. The first-order valence-electron chi connectivity index (χ1n) is 5.81. The summed E-state index contributed by atoms with van der Waals surface area (Å²) in [5.74, 6) is 0.907. The zero-order chi connectivity index (χ0) is 13.0. The van der Waals surface area contributed by atoms with Crippen LogP contribution in [0.4, 0.5) is 5.82 Å². The molecule has 1 aliphatic rings. The van der Waals surface area contributed by atoms with Crippen molar-refractivity contribution >= 4 is 28.9 Å². The number of amides is 1. The number of hydrogen-bond acceptors (Lipinski definition) is 5. The third kappa shape index (κ3) is 3.36. The number of hydrogen-bond donors (Lipinski definition) is 3. The predicted octanol–water partition coefficient (Wildman–Crippen LogP) is 0.0489. The Morgan fingerprint density at radius 2 is 2.11 bits per heavy atom. The van der Waals surface area contributed by atoms with E-state index in [2.05, 4.69) is 20.6 Å². The zero-order valence-electron chi connectivity index (χ0n) is 9.85. The predicted molar refractivity (Wildman–Crippen MR) is 72.1 cm³/mol. The summed E-state index contributed by atoms with van der Waals surface area (Å²) in [5, 5.41) is 5.90. The van der Waals surface area contributed by atoms with E-state index >= 15 is 0 Å². The van der Waals surface area contributed by atoms with Crippen LogP contribution in [0.5, 0.6) is 0 Å². The smallest absolute Gasteiger partial charge is 0.223 e. The zero-order valence-corrected chi connectivity index (χ0v) is 10.7. The lowest BCUT2D eigenvalue weighted by Gasteiger charge is -2.09. The summed E-state index contributed by atoms with van der Waals surface area (Å²) in [5.41, 5.74) is 6.01. The van der Waals surface area contributed by atoms with Crippen molar-refractivity contribution in [1.82, 2.24) is 15.3 Å². The Bertz CT molecular complexity index is 461. The number of aromatic nitrogens is 2. The lowest BCUT2D eigenvalue weighted by atomic mass is 10.4. The average molecular weight is 265 g/mol. The van der Waals surface area contributed by atoms with Crippen molar-refractivity contribution < 1.29 is 4.79 Å². The number of carbonyl (C=O) groups excluding carboxylic acids is 1. The van der Waals surface area contributed by atoms with Gasteiger partial charge in [0.15, 0.2) is 5.82 Å². The normalized spacial score (nSPS) is 14.0. The Kier molecular flexibility index (Phi) is 4.03. The molecule has 0 atom stereocenters. The highest BCUT2D eigenvalue weighted by Gasteiger charge is 2.28. The molecule has 1 heterocycles. The fourth-order valence-corrected chi connectivity index (χ4v) is 1.65. The molecule has 4 N–H and O–H groups in total. The van der Waals surface area contributed by atoms with Crippen LogP contribution < -0.4 is 16.4 Å². The van der Waals surface area contributed by atoms with Crippen LogP contribution in [0.25, 0.3) is 0 Å². The molecule has 1 aromatic heterocycles. The fraction of sp³-hybridized carbons (Fsp3) is 0.455. The first-order chi connectivity index (χ1) is 8.68. The molecule has 6 nitrogen and oxygen atoms in total. The number of nitrogens with two attached hydrogens (primary N) is 1. The number of thiocarbonyl (C=S) groups is 1. The third-order valence-corrected chi connectivity index (χ3v) is 2.79. The SMILES string of the molecule is NC(=S)c1nccnc1NCCNC(=O)C1CC1. The molecule has 0 unspecified atom stereocenters. The summed E-state index contributed by atoms with van der Waals surface area (Å²) in [6.07, 6.45) is 5.12. The summed E-state index contributed by atoms with van der Waals surface area (Å²) in [4.78, 5) is 19.7. The van der Waals surface area contributed by atoms with Crippen molar-refractivity contribution in [2.75, 3.05) is 18.4 Å². The Morgan fingerprint density at radius 3 is 2.78 bits per heavy atom. The van der Waals surface area contributed by atoms with Crippen molar-refractivity contribution in [3.63, 3.8) is 0 Å². The van der Waals surface area contributed by atoms with Crippen molar-refractivity contribution in [2.45, 2.75) is 12.8 Å². The molecule has 0 aromatic carbocycles. The number of nitrogens with one attached hydrogen (secondary N) is 2. The number of rotatable bonds is 6. The third-order valence-electron chi connectivity index (χ3n) is 2.60. The van der Waals surface area contributed by atoms with E-state index in [0.717, 1.165) is 12.8 Å². The van der Waals surface area contributed by atoms with Crippen LogP contribution in [0.3, 0.4) is 0 Å². The summed E-state index contributed by atoms with van der Waals surface area (Å²) < 4.78 is 0. The maximum absolute atomic E-state index is 11.4. The van der Waals surface area contributed by atoms with Gasteiger partial charge in [-0.05, 0) is 12.8 Å². The lowest BCUT2D eigenvalue weighted by Crippen LogP contribution is -2.30. The minimum Gasteiger partial charge on any atom is -0.388 e. The van der Waals surface area contributed by atoms with Gasteiger partial charge in [-0.1, -0.05) is 12.2 Å². The molecule has 1 amide bonds. The van der Waals surface area contributed by atoms with Crippen molar-refractivity contribution in [3.05, 3.63) is 18.1 Å². The number of carbonyl (C=O) groups is 1. The summed E-state index contributed by atoms with van der Waals surface area (Å²) >= 11 is 4.88. The van der Waals surface area contributed by atoms with Crippen molar-refractivity contribution in [1.29, 1.82) is 0 Å². The van der Waals surface area contributed by atoms with Gasteiger partial charge in [-0.3, -0.25) is 4.79 Å². The van der Waals surface area contributed by atoms with Crippen molar-refractivity contribution in [3.8, 4) is 0 Å². The van der Waals surface area contributed by atoms with Crippen LogP contribution in [0.2, 0.25) is 0 Å².